The molecule has 0 amide bonds. The second-order valence-electron chi connectivity index (χ2n) is 5.11. The predicted octanol–water partition coefficient (Wildman–Crippen LogP) is 1.51. The molecule has 7 heteroatoms. The fourth-order valence-corrected chi connectivity index (χ4v) is 2.43. The van der Waals surface area contributed by atoms with E-state index in [0.717, 1.165) is 5.75 Å². The van der Waals surface area contributed by atoms with Crippen LogP contribution in [0.15, 0.2) is 24.3 Å². The van der Waals surface area contributed by atoms with Gasteiger partial charge in [-0.2, -0.15) is 10.2 Å². The highest BCUT2D eigenvalue weighted by molar-refractivity contribution is 5.71. The molecule has 0 bridgehead atoms. The van der Waals surface area contributed by atoms with Gasteiger partial charge in [0.25, 0.3) is 0 Å². The van der Waals surface area contributed by atoms with E-state index >= 15 is 0 Å². The second-order valence-corrected chi connectivity index (χ2v) is 5.11. The molecule has 2 heterocycles. The van der Waals surface area contributed by atoms with Gasteiger partial charge in [0, 0.05) is 12.0 Å². The van der Waals surface area contributed by atoms with Crippen molar-refractivity contribution in [2.24, 2.45) is 0 Å². The van der Waals surface area contributed by atoms with Crippen LogP contribution >= 0.6 is 0 Å². The van der Waals surface area contributed by atoms with Gasteiger partial charge in [-0.25, -0.2) is 0 Å². The summed E-state index contributed by atoms with van der Waals surface area (Å²) in [4.78, 5) is 4.09. The lowest BCUT2D eigenvalue weighted by atomic mass is 10.1. The summed E-state index contributed by atoms with van der Waals surface area (Å²) in [6.45, 7) is 0.337. The smallest absolute Gasteiger partial charge is 0.221 e. The summed E-state index contributed by atoms with van der Waals surface area (Å²) >= 11 is 0. The van der Waals surface area contributed by atoms with E-state index in [4.69, 9.17) is 30.9 Å². The van der Waals surface area contributed by atoms with Gasteiger partial charge >= 0.3 is 0 Å². The Morgan fingerprint density at radius 3 is 2.65 bits per heavy atom. The Morgan fingerprint density at radius 2 is 2.00 bits per heavy atom. The van der Waals surface area contributed by atoms with Gasteiger partial charge in [-0.15, -0.1) is 0 Å². The first-order valence-electron chi connectivity index (χ1n) is 7.03. The third kappa shape index (κ3) is 2.79. The maximum Gasteiger partial charge on any atom is 0.221 e. The van der Waals surface area contributed by atoms with Crippen molar-refractivity contribution in [1.29, 1.82) is 5.26 Å². The summed E-state index contributed by atoms with van der Waals surface area (Å²) in [5.41, 5.74) is 12.9. The van der Waals surface area contributed by atoms with Gasteiger partial charge in [0.05, 0.1) is 12.8 Å². The Hall–Kier alpha value is -3.14. The minimum atomic E-state index is -0.227. The van der Waals surface area contributed by atoms with Crippen LogP contribution in [0.25, 0.3) is 0 Å². The molecule has 1 aromatic heterocycles. The molecule has 1 atom stereocenters. The number of benzene rings is 1. The monoisotopic (exact) mass is 312 g/mol. The van der Waals surface area contributed by atoms with Crippen molar-refractivity contribution in [1.82, 2.24) is 4.98 Å². The van der Waals surface area contributed by atoms with Crippen LogP contribution < -0.4 is 25.7 Å². The van der Waals surface area contributed by atoms with Gasteiger partial charge < -0.3 is 25.7 Å². The van der Waals surface area contributed by atoms with Gasteiger partial charge in [0.2, 0.25) is 5.88 Å². The van der Waals surface area contributed by atoms with E-state index in [0.29, 0.717) is 35.9 Å². The van der Waals surface area contributed by atoms with E-state index in [2.05, 4.69) is 4.98 Å². The number of fused-ring (bicyclic) bond motifs is 1. The number of methoxy groups -OCH3 is 1. The lowest BCUT2D eigenvalue weighted by Gasteiger charge is -2.12. The molecule has 1 aliphatic rings. The largest absolute Gasteiger partial charge is 0.497 e. The van der Waals surface area contributed by atoms with Crippen LogP contribution in [0.5, 0.6) is 17.4 Å². The Bertz CT molecular complexity index is 768. The lowest BCUT2D eigenvalue weighted by molar-refractivity contribution is 0.145. The molecule has 0 radical (unpaired) electrons. The fourth-order valence-electron chi connectivity index (χ4n) is 2.43. The van der Waals surface area contributed by atoms with Crippen LogP contribution in [0.4, 0.5) is 11.5 Å². The van der Waals surface area contributed by atoms with Crippen molar-refractivity contribution in [2.45, 2.75) is 12.5 Å². The van der Waals surface area contributed by atoms with Gasteiger partial charge in [-0.1, -0.05) is 0 Å². The lowest BCUT2D eigenvalue weighted by Crippen LogP contribution is -2.22. The highest BCUT2D eigenvalue weighted by atomic mass is 16.5. The van der Waals surface area contributed by atoms with Crippen molar-refractivity contribution in [3.63, 3.8) is 0 Å². The van der Waals surface area contributed by atoms with Crippen molar-refractivity contribution in [2.75, 3.05) is 25.2 Å². The molecule has 1 aromatic carbocycles. The molecule has 0 fully saturated rings. The number of nitrogens with zero attached hydrogens (tertiary/aromatic N) is 2. The molecular weight excluding hydrogens is 296 g/mol. The quantitative estimate of drug-likeness (QED) is 0.878. The number of hydrogen-bond donors (Lipinski definition) is 2. The summed E-state index contributed by atoms with van der Waals surface area (Å²) in [6, 6.07) is 9.24. The van der Waals surface area contributed by atoms with Crippen molar-refractivity contribution < 1.29 is 14.2 Å². The highest BCUT2D eigenvalue weighted by Gasteiger charge is 2.29. The normalized spacial score (nSPS) is 15.4. The summed E-state index contributed by atoms with van der Waals surface area (Å²) in [6.07, 6.45) is 0.300. The zero-order valence-electron chi connectivity index (χ0n) is 12.6. The number of anilines is 2. The maximum atomic E-state index is 9.07. The Balaban J connectivity index is 1.68. The Morgan fingerprint density at radius 1 is 1.30 bits per heavy atom. The summed E-state index contributed by atoms with van der Waals surface area (Å²) in [7, 11) is 1.61. The minimum absolute atomic E-state index is 0.0838. The predicted molar refractivity (Wildman–Crippen MR) is 84.4 cm³/mol. The molecule has 1 aliphatic heterocycles. The van der Waals surface area contributed by atoms with Gasteiger partial charge in [0.1, 0.15) is 41.7 Å². The molecule has 3 rings (SSSR count). The van der Waals surface area contributed by atoms with E-state index < -0.39 is 0 Å². The van der Waals surface area contributed by atoms with Gasteiger partial charge in [-0.3, -0.25) is 0 Å². The number of hydrogen-bond acceptors (Lipinski definition) is 7. The molecule has 0 spiro atoms. The Labute approximate surface area is 133 Å². The number of aromatic nitrogens is 1. The third-order valence-electron chi connectivity index (χ3n) is 3.65. The first kappa shape index (κ1) is 14.8. The van der Waals surface area contributed by atoms with Crippen molar-refractivity contribution >= 4 is 11.5 Å². The molecule has 0 saturated carbocycles. The van der Waals surface area contributed by atoms with E-state index in [-0.39, 0.29) is 17.5 Å². The topological polar surface area (TPSA) is 116 Å². The van der Waals surface area contributed by atoms with E-state index in [1.165, 1.54) is 0 Å². The summed E-state index contributed by atoms with van der Waals surface area (Å²) in [5, 5.41) is 9.07. The molecule has 23 heavy (non-hydrogen) atoms. The zero-order chi connectivity index (χ0) is 16.4. The average Bonchev–Trinajstić information content (AvgIpc) is 2.97. The summed E-state index contributed by atoms with van der Waals surface area (Å²) < 4.78 is 16.5. The van der Waals surface area contributed by atoms with Crippen LogP contribution in [0.1, 0.15) is 11.1 Å². The van der Waals surface area contributed by atoms with Gasteiger partial charge in [-0.05, 0) is 24.3 Å². The van der Waals surface area contributed by atoms with Crippen LogP contribution in [0.3, 0.4) is 0 Å². The minimum Gasteiger partial charge on any atom is -0.497 e. The van der Waals surface area contributed by atoms with E-state index in [1.54, 1.807) is 7.11 Å². The fraction of sp³-hybridized carbons (Fsp3) is 0.250. The molecule has 2 aromatic rings. The van der Waals surface area contributed by atoms with Crippen LogP contribution in [0, 0.1) is 11.3 Å². The maximum absolute atomic E-state index is 9.07. The van der Waals surface area contributed by atoms with Crippen LogP contribution in [-0.4, -0.2) is 24.8 Å². The molecule has 118 valence electrons. The van der Waals surface area contributed by atoms with Gasteiger partial charge in [0.15, 0.2) is 0 Å². The Kier molecular flexibility index (Phi) is 3.81. The van der Waals surface area contributed by atoms with Crippen LogP contribution in [-0.2, 0) is 6.42 Å². The molecule has 7 nitrogen and oxygen atoms in total. The standard InChI is InChI=1S/C16H16N4O3/c1-21-9-2-4-10(5-3-9)22-8-11-6-12-14(18)13(7-17)15(19)20-16(12)23-11/h2-5,11H,6,8H2,1H3,(H4,18,19,20)/t11-/m0/s1. The zero-order valence-corrected chi connectivity index (χ0v) is 12.6. The first-order chi connectivity index (χ1) is 11.1. The molecule has 0 unspecified atom stereocenters. The highest BCUT2D eigenvalue weighted by Crippen LogP contribution is 2.35. The van der Waals surface area contributed by atoms with Crippen molar-refractivity contribution in [3.8, 4) is 23.4 Å². The molecule has 0 saturated heterocycles. The van der Waals surface area contributed by atoms with Crippen LogP contribution in [0.2, 0.25) is 0 Å². The molecule has 4 N–H and O–H groups in total. The SMILES string of the molecule is COc1ccc(OC[C@@H]2Cc3c(nc(N)c(C#N)c3N)O2)cc1. The number of rotatable bonds is 4. The number of nitrogen functional groups attached to an aromatic ring is 2. The summed E-state index contributed by atoms with van der Waals surface area (Å²) in [5.74, 6) is 1.93. The second kappa shape index (κ2) is 5.93. The van der Waals surface area contributed by atoms with E-state index in [1.807, 2.05) is 30.3 Å². The molecule has 0 aliphatic carbocycles. The number of nitrogens with two attached hydrogens (primary N) is 2. The number of pyridine rings is 1. The number of nitriles is 1. The van der Waals surface area contributed by atoms with E-state index in [9.17, 15) is 0 Å². The average molecular weight is 312 g/mol. The van der Waals surface area contributed by atoms with Crippen molar-refractivity contribution in [3.05, 3.63) is 35.4 Å². The first-order valence-corrected chi connectivity index (χ1v) is 7.03. The number of ether oxygens (including phenoxy) is 3. The third-order valence-corrected chi connectivity index (χ3v) is 3.65. The molecular formula is C16H16N4O3.